The van der Waals surface area contributed by atoms with Gasteiger partial charge in [0.05, 0.1) is 6.16 Å². The van der Waals surface area contributed by atoms with Gasteiger partial charge in [0.2, 0.25) is 0 Å². The van der Waals surface area contributed by atoms with Crippen LogP contribution in [0.15, 0.2) is 103 Å². The predicted molar refractivity (Wildman–Crippen MR) is 214 cm³/mol. The molecule has 0 atom stereocenters. The third-order valence-corrected chi connectivity index (χ3v) is 14.1. The molecule has 2 nitrogen and oxygen atoms in total. The van der Waals surface area contributed by atoms with Gasteiger partial charge in [0.1, 0.15) is 23.2 Å². The summed E-state index contributed by atoms with van der Waals surface area (Å²) >= 11 is 0. The Hall–Kier alpha value is -2.25. The average molecular weight is 672 g/mol. The van der Waals surface area contributed by atoms with Gasteiger partial charge >= 0.3 is 0 Å². The first-order valence-electron chi connectivity index (χ1n) is 19.7. The Bertz CT molecular complexity index is 1050. The lowest BCUT2D eigenvalue weighted by Gasteiger charge is -2.27. The van der Waals surface area contributed by atoms with Gasteiger partial charge < -0.3 is 9.47 Å². The number of hydrogen-bond donors (Lipinski definition) is 0. The first kappa shape index (κ1) is 40.2. The molecule has 0 amide bonds. The largest absolute Gasteiger partial charge is 0.353 e. The molecule has 0 heterocycles. The molecule has 3 aromatic rings. The van der Waals surface area contributed by atoms with E-state index in [1.54, 1.807) is 0 Å². The SMILES string of the molecule is CCCCCCCCOC(CCCCCC=CCCC[P+](c1ccccc1)(c1ccccc1)c1ccccc1)OCCCCCCCC. The van der Waals surface area contributed by atoms with Crippen molar-refractivity contribution in [2.75, 3.05) is 19.4 Å². The van der Waals surface area contributed by atoms with E-state index in [1.807, 2.05) is 0 Å². The molecule has 0 aliphatic heterocycles. The van der Waals surface area contributed by atoms with Crippen LogP contribution in [-0.2, 0) is 9.47 Å². The second-order valence-electron chi connectivity index (χ2n) is 13.5. The molecule has 3 rings (SSSR count). The zero-order valence-corrected chi connectivity index (χ0v) is 31.6. The molecule has 0 aromatic heterocycles. The summed E-state index contributed by atoms with van der Waals surface area (Å²) in [6.45, 7) is 6.25. The van der Waals surface area contributed by atoms with Gasteiger partial charge in [-0.2, -0.15) is 0 Å². The highest BCUT2D eigenvalue weighted by Crippen LogP contribution is 2.55. The Kier molecular flexibility index (Phi) is 22.3. The fourth-order valence-electron chi connectivity index (χ4n) is 6.72. The molecule has 264 valence electrons. The van der Waals surface area contributed by atoms with Crippen LogP contribution in [-0.4, -0.2) is 25.7 Å². The lowest BCUT2D eigenvalue weighted by Crippen LogP contribution is -2.33. The Morgan fingerprint density at radius 2 is 0.854 bits per heavy atom. The van der Waals surface area contributed by atoms with Crippen molar-refractivity contribution in [2.24, 2.45) is 0 Å². The van der Waals surface area contributed by atoms with Crippen molar-refractivity contribution in [3.8, 4) is 0 Å². The minimum Gasteiger partial charge on any atom is -0.353 e. The van der Waals surface area contributed by atoms with E-state index >= 15 is 0 Å². The molecule has 0 aliphatic carbocycles. The second kappa shape index (κ2) is 26.6. The number of allylic oxidation sites excluding steroid dienone is 2. The summed E-state index contributed by atoms with van der Waals surface area (Å²) in [5.41, 5.74) is 0. The van der Waals surface area contributed by atoms with Crippen molar-refractivity contribution in [1.82, 2.24) is 0 Å². The Balaban J connectivity index is 1.41. The van der Waals surface area contributed by atoms with E-state index in [0.717, 1.165) is 45.3 Å². The van der Waals surface area contributed by atoms with Gasteiger partial charge in [-0.3, -0.25) is 0 Å². The van der Waals surface area contributed by atoms with Gasteiger partial charge in [-0.15, -0.1) is 0 Å². The number of ether oxygens (including phenoxy) is 2. The molecule has 3 heteroatoms. The number of benzene rings is 3. The van der Waals surface area contributed by atoms with Crippen LogP contribution in [0.2, 0.25) is 0 Å². The quantitative estimate of drug-likeness (QED) is 0.0316. The van der Waals surface area contributed by atoms with Gasteiger partial charge in [-0.25, -0.2) is 0 Å². The maximum atomic E-state index is 6.26. The number of unbranched alkanes of at least 4 members (excludes halogenated alkanes) is 14. The first-order chi connectivity index (χ1) is 23.8. The highest BCUT2D eigenvalue weighted by atomic mass is 31.2. The molecule has 0 aliphatic rings. The van der Waals surface area contributed by atoms with Crippen LogP contribution in [0.1, 0.15) is 136 Å². The molecule has 0 spiro atoms. The fourth-order valence-corrected chi connectivity index (χ4v) is 11.1. The molecule has 0 unspecified atom stereocenters. The normalized spacial score (nSPS) is 12.0. The molecule has 0 saturated carbocycles. The lowest BCUT2D eigenvalue weighted by atomic mass is 10.1. The highest BCUT2D eigenvalue weighted by molar-refractivity contribution is 7.95. The maximum Gasteiger partial charge on any atom is 0.157 e. The van der Waals surface area contributed by atoms with E-state index in [1.165, 1.54) is 112 Å². The Morgan fingerprint density at radius 3 is 1.31 bits per heavy atom. The third kappa shape index (κ3) is 15.5. The fraction of sp³-hybridized carbons (Fsp3) is 0.556. The third-order valence-electron chi connectivity index (χ3n) is 9.54. The summed E-state index contributed by atoms with van der Waals surface area (Å²) in [7, 11) is -1.73. The van der Waals surface area contributed by atoms with Crippen molar-refractivity contribution in [3.63, 3.8) is 0 Å². The van der Waals surface area contributed by atoms with Crippen LogP contribution >= 0.6 is 7.26 Å². The van der Waals surface area contributed by atoms with Gasteiger partial charge in [0.15, 0.2) is 6.29 Å². The van der Waals surface area contributed by atoms with Crippen LogP contribution in [0.25, 0.3) is 0 Å². The summed E-state index contributed by atoms with van der Waals surface area (Å²) in [6.07, 6.45) is 29.8. The van der Waals surface area contributed by atoms with E-state index in [4.69, 9.17) is 9.47 Å². The van der Waals surface area contributed by atoms with Crippen molar-refractivity contribution in [2.45, 2.75) is 142 Å². The molecule has 0 radical (unpaired) electrons. The zero-order chi connectivity index (χ0) is 33.8. The average Bonchev–Trinajstić information content (AvgIpc) is 3.14. The summed E-state index contributed by atoms with van der Waals surface area (Å²) in [6, 6.07) is 33.8. The van der Waals surface area contributed by atoms with Gasteiger partial charge in [0.25, 0.3) is 0 Å². The number of hydrogen-bond acceptors (Lipinski definition) is 2. The summed E-state index contributed by atoms with van der Waals surface area (Å²) in [5.74, 6) is 0. The van der Waals surface area contributed by atoms with Gasteiger partial charge in [-0.1, -0.05) is 151 Å². The van der Waals surface area contributed by atoms with Crippen LogP contribution in [0, 0.1) is 0 Å². The van der Waals surface area contributed by atoms with Crippen LogP contribution in [0.3, 0.4) is 0 Å². The number of rotatable bonds is 29. The lowest BCUT2D eigenvalue weighted by molar-refractivity contribution is -0.148. The predicted octanol–water partition coefficient (Wildman–Crippen LogP) is 12.3. The van der Waals surface area contributed by atoms with Crippen LogP contribution < -0.4 is 15.9 Å². The van der Waals surface area contributed by atoms with Crippen LogP contribution in [0.5, 0.6) is 0 Å². The maximum absolute atomic E-state index is 6.26. The molecule has 0 bridgehead atoms. The van der Waals surface area contributed by atoms with Gasteiger partial charge in [0, 0.05) is 13.2 Å². The summed E-state index contributed by atoms with van der Waals surface area (Å²) < 4.78 is 12.5. The van der Waals surface area contributed by atoms with E-state index in [-0.39, 0.29) is 6.29 Å². The van der Waals surface area contributed by atoms with Crippen LogP contribution in [0.4, 0.5) is 0 Å². The molecule has 0 N–H and O–H groups in total. The summed E-state index contributed by atoms with van der Waals surface area (Å²) in [4.78, 5) is 0. The molecular weight excluding hydrogens is 603 g/mol. The second-order valence-corrected chi connectivity index (χ2v) is 17.1. The monoisotopic (exact) mass is 671 g/mol. The standard InChI is InChI=1S/C45H68O2P/c1-3-5-7-9-16-29-39-46-45(47-40-30-17-10-8-6-4-2)38-28-15-13-11-12-14-18-31-41-48(42-32-22-19-23-33-42,43-34-24-20-25-35-43)44-36-26-21-27-37-44/h12,14,19-27,32-37,45H,3-11,13,15-18,28-31,38-41H2,1-2H3/q+1. The summed E-state index contributed by atoms with van der Waals surface area (Å²) in [5, 5.41) is 4.45. The molecular formula is C45H68O2P+. The minimum absolute atomic E-state index is 0.0192. The Labute approximate surface area is 296 Å². The van der Waals surface area contributed by atoms with E-state index in [9.17, 15) is 0 Å². The topological polar surface area (TPSA) is 18.5 Å². The molecule has 3 aromatic carbocycles. The smallest absolute Gasteiger partial charge is 0.157 e. The Morgan fingerprint density at radius 1 is 0.458 bits per heavy atom. The van der Waals surface area contributed by atoms with E-state index in [0.29, 0.717) is 0 Å². The van der Waals surface area contributed by atoms with Crippen molar-refractivity contribution < 1.29 is 9.47 Å². The van der Waals surface area contributed by atoms with E-state index < -0.39 is 7.26 Å². The minimum atomic E-state index is -1.73. The van der Waals surface area contributed by atoms with Gasteiger partial charge in [-0.05, 0) is 87.8 Å². The van der Waals surface area contributed by atoms with Crippen molar-refractivity contribution in [3.05, 3.63) is 103 Å². The first-order valence-corrected chi connectivity index (χ1v) is 21.7. The molecule has 0 saturated heterocycles. The molecule has 0 fully saturated rings. The van der Waals surface area contributed by atoms with Crippen molar-refractivity contribution >= 4 is 23.2 Å². The highest BCUT2D eigenvalue weighted by Gasteiger charge is 2.44. The van der Waals surface area contributed by atoms with E-state index in [2.05, 4.69) is 117 Å². The molecule has 48 heavy (non-hydrogen) atoms. The zero-order valence-electron chi connectivity index (χ0n) is 30.7. The van der Waals surface area contributed by atoms with Crippen molar-refractivity contribution in [1.29, 1.82) is 0 Å².